The fourth-order valence-corrected chi connectivity index (χ4v) is 4.58. The molecule has 0 aliphatic rings. The van der Waals surface area contributed by atoms with Crippen LogP contribution in [0.15, 0.2) is 96.4 Å². The van der Waals surface area contributed by atoms with Crippen LogP contribution >= 0.6 is 11.3 Å². The van der Waals surface area contributed by atoms with Gasteiger partial charge >= 0.3 is 0 Å². The second kappa shape index (κ2) is 10.9. The van der Waals surface area contributed by atoms with Gasteiger partial charge in [-0.15, -0.1) is 11.3 Å². The molecule has 3 aromatic carbocycles. The standard InChI is InChI=1S/C28H25FN2O2S/c1-20-10-5-6-14-23(20)27(28(33)30-19-21-11-3-2-4-12-21)31(25-16-8-7-15-24(25)29)26(32)18-22-13-9-17-34-22/h2-17,27H,18-19H2,1H3,(H,30,33). The molecule has 2 amide bonds. The summed E-state index contributed by atoms with van der Waals surface area (Å²) in [6.07, 6.45) is 0.0698. The number of halogens is 1. The Kier molecular flexibility index (Phi) is 7.50. The molecule has 4 rings (SSSR count). The molecule has 0 aliphatic carbocycles. The van der Waals surface area contributed by atoms with Gasteiger partial charge in [0, 0.05) is 11.4 Å². The van der Waals surface area contributed by atoms with Gasteiger partial charge in [0.2, 0.25) is 11.8 Å². The predicted octanol–water partition coefficient (Wildman–Crippen LogP) is 5.83. The molecule has 4 aromatic rings. The summed E-state index contributed by atoms with van der Waals surface area (Å²) in [6, 6.07) is 25.7. The van der Waals surface area contributed by atoms with Crippen LogP contribution in [-0.4, -0.2) is 11.8 Å². The number of thiophene rings is 1. The van der Waals surface area contributed by atoms with Crippen LogP contribution < -0.4 is 10.2 Å². The summed E-state index contributed by atoms with van der Waals surface area (Å²) in [7, 11) is 0. The number of hydrogen-bond donors (Lipinski definition) is 1. The minimum atomic E-state index is -1.03. The summed E-state index contributed by atoms with van der Waals surface area (Å²) in [4.78, 5) is 29.5. The summed E-state index contributed by atoms with van der Waals surface area (Å²) in [5.41, 5.74) is 2.50. The summed E-state index contributed by atoms with van der Waals surface area (Å²) < 4.78 is 15.0. The average molecular weight is 473 g/mol. The van der Waals surface area contributed by atoms with E-state index in [1.54, 1.807) is 12.1 Å². The Labute approximate surface area is 202 Å². The molecule has 1 N–H and O–H groups in total. The fraction of sp³-hybridized carbons (Fsp3) is 0.143. The number of hydrogen-bond acceptors (Lipinski definition) is 3. The third-order valence-electron chi connectivity index (χ3n) is 5.59. The third-order valence-corrected chi connectivity index (χ3v) is 6.46. The van der Waals surface area contributed by atoms with Crippen molar-refractivity contribution in [2.75, 3.05) is 4.90 Å². The van der Waals surface area contributed by atoms with Crippen molar-refractivity contribution in [3.63, 3.8) is 0 Å². The van der Waals surface area contributed by atoms with Crippen LogP contribution in [0.1, 0.15) is 27.6 Å². The Balaban J connectivity index is 1.77. The van der Waals surface area contributed by atoms with E-state index in [2.05, 4.69) is 5.32 Å². The van der Waals surface area contributed by atoms with Crippen LogP contribution in [0.3, 0.4) is 0 Å². The lowest BCUT2D eigenvalue weighted by molar-refractivity contribution is -0.126. The zero-order valence-corrected chi connectivity index (χ0v) is 19.6. The van der Waals surface area contributed by atoms with Crippen molar-refractivity contribution in [3.05, 3.63) is 124 Å². The van der Waals surface area contributed by atoms with Crippen LogP contribution in [0.4, 0.5) is 10.1 Å². The zero-order chi connectivity index (χ0) is 23.9. The summed E-state index contributed by atoms with van der Waals surface area (Å²) in [5.74, 6) is -1.28. The number of nitrogens with one attached hydrogen (secondary N) is 1. The largest absolute Gasteiger partial charge is 0.350 e. The van der Waals surface area contributed by atoms with E-state index in [1.807, 2.05) is 79.0 Å². The molecule has 172 valence electrons. The van der Waals surface area contributed by atoms with Crippen LogP contribution in [0.2, 0.25) is 0 Å². The maximum Gasteiger partial charge on any atom is 0.248 e. The molecule has 6 heteroatoms. The predicted molar refractivity (Wildman–Crippen MR) is 134 cm³/mol. The molecule has 0 saturated heterocycles. The van der Waals surface area contributed by atoms with Crippen molar-refractivity contribution in [1.29, 1.82) is 0 Å². The summed E-state index contributed by atoms with van der Waals surface area (Å²) in [6.45, 7) is 2.18. The molecule has 0 bridgehead atoms. The minimum Gasteiger partial charge on any atom is -0.350 e. The van der Waals surface area contributed by atoms with Crippen LogP contribution in [0.25, 0.3) is 0 Å². The van der Waals surface area contributed by atoms with Gasteiger partial charge in [-0.3, -0.25) is 14.5 Å². The Morgan fingerprint density at radius 2 is 1.62 bits per heavy atom. The van der Waals surface area contributed by atoms with E-state index in [1.165, 1.54) is 28.4 Å². The first-order valence-electron chi connectivity index (χ1n) is 11.0. The quantitative estimate of drug-likeness (QED) is 0.351. The fourth-order valence-electron chi connectivity index (χ4n) is 3.88. The first kappa shape index (κ1) is 23.4. The maximum atomic E-state index is 15.0. The Hall–Kier alpha value is -3.77. The van der Waals surface area contributed by atoms with Gasteiger partial charge in [0.05, 0.1) is 12.1 Å². The minimum absolute atomic E-state index is 0.0698. The van der Waals surface area contributed by atoms with Crippen molar-refractivity contribution >= 4 is 28.8 Å². The lowest BCUT2D eigenvalue weighted by Gasteiger charge is -2.32. The maximum absolute atomic E-state index is 15.0. The van der Waals surface area contributed by atoms with Gasteiger partial charge < -0.3 is 5.32 Å². The highest BCUT2D eigenvalue weighted by atomic mass is 32.1. The number of rotatable bonds is 8. The second-order valence-corrected chi connectivity index (χ2v) is 8.97. The molecule has 1 aromatic heterocycles. The van der Waals surface area contributed by atoms with E-state index < -0.39 is 11.9 Å². The lowest BCUT2D eigenvalue weighted by Crippen LogP contribution is -2.45. The molecule has 1 unspecified atom stereocenters. The van der Waals surface area contributed by atoms with E-state index in [0.717, 1.165) is 16.0 Å². The highest BCUT2D eigenvalue weighted by Gasteiger charge is 2.35. The number of aryl methyl sites for hydroxylation is 1. The zero-order valence-electron chi connectivity index (χ0n) is 18.8. The number of nitrogens with zero attached hydrogens (tertiary/aromatic N) is 1. The molecule has 34 heavy (non-hydrogen) atoms. The molecular formula is C28H25FN2O2S. The first-order chi connectivity index (χ1) is 16.5. The van der Waals surface area contributed by atoms with Crippen LogP contribution in [0, 0.1) is 12.7 Å². The van der Waals surface area contributed by atoms with Gasteiger partial charge in [-0.1, -0.05) is 72.8 Å². The van der Waals surface area contributed by atoms with Crippen molar-refractivity contribution in [2.24, 2.45) is 0 Å². The number of benzene rings is 3. The molecule has 0 fully saturated rings. The molecule has 4 nitrogen and oxygen atoms in total. The average Bonchev–Trinajstić information content (AvgIpc) is 3.36. The van der Waals surface area contributed by atoms with E-state index in [0.29, 0.717) is 12.1 Å². The Morgan fingerprint density at radius 3 is 2.32 bits per heavy atom. The number of para-hydroxylation sites is 1. The van der Waals surface area contributed by atoms with E-state index in [4.69, 9.17) is 0 Å². The van der Waals surface area contributed by atoms with E-state index in [-0.39, 0.29) is 23.9 Å². The van der Waals surface area contributed by atoms with E-state index in [9.17, 15) is 9.59 Å². The van der Waals surface area contributed by atoms with Crippen molar-refractivity contribution in [2.45, 2.75) is 25.9 Å². The van der Waals surface area contributed by atoms with Gasteiger partial charge in [0.25, 0.3) is 0 Å². The van der Waals surface area contributed by atoms with Gasteiger partial charge in [0.15, 0.2) is 0 Å². The molecule has 0 spiro atoms. The highest BCUT2D eigenvalue weighted by molar-refractivity contribution is 7.10. The topological polar surface area (TPSA) is 49.4 Å². The third kappa shape index (κ3) is 5.41. The Bertz CT molecular complexity index is 1260. The molecule has 0 aliphatic heterocycles. The van der Waals surface area contributed by atoms with Crippen molar-refractivity contribution < 1.29 is 14.0 Å². The SMILES string of the molecule is Cc1ccccc1C(C(=O)NCc1ccccc1)N(C(=O)Cc1cccs1)c1ccccc1F. The number of anilines is 1. The highest BCUT2D eigenvalue weighted by Crippen LogP contribution is 2.32. The molecule has 1 atom stereocenters. The number of amides is 2. The smallest absolute Gasteiger partial charge is 0.248 e. The monoisotopic (exact) mass is 472 g/mol. The number of carbonyl (C=O) groups is 2. The van der Waals surface area contributed by atoms with Crippen molar-refractivity contribution in [3.8, 4) is 0 Å². The van der Waals surface area contributed by atoms with Gasteiger partial charge in [-0.25, -0.2) is 4.39 Å². The second-order valence-electron chi connectivity index (χ2n) is 7.93. The van der Waals surface area contributed by atoms with Gasteiger partial charge in [0.1, 0.15) is 11.9 Å². The van der Waals surface area contributed by atoms with Crippen LogP contribution in [0.5, 0.6) is 0 Å². The number of carbonyl (C=O) groups excluding carboxylic acids is 2. The summed E-state index contributed by atoms with van der Waals surface area (Å²) in [5, 5.41) is 4.85. The van der Waals surface area contributed by atoms with Gasteiger partial charge in [-0.2, -0.15) is 0 Å². The first-order valence-corrected chi connectivity index (χ1v) is 11.9. The lowest BCUT2D eigenvalue weighted by atomic mass is 9.97. The van der Waals surface area contributed by atoms with Crippen molar-refractivity contribution in [1.82, 2.24) is 5.32 Å². The van der Waals surface area contributed by atoms with Crippen LogP contribution in [-0.2, 0) is 22.6 Å². The molecule has 1 heterocycles. The van der Waals surface area contributed by atoms with E-state index >= 15 is 4.39 Å². The molecule has 0 radical (unpaired) electrons. The normalized spacial score (nSPS) is 11.6. The Morgan fingerprint density at radius 1 is 0.912 bits per heavy atom. The molecular weight excluding hydrogens is 447 g/mol. The molecule has 0 saturated carbocycles. The van der Waals surface area contributed by atoms with Gasteiger partial charge in [-0.05, 0) is 47.2 Å². The summed E-state index contributed by atoms with van der Waals surface area (Å²) >= 11 is 1.45.